The van der Waals surface area contributed by atoms with Crippen LogP contribution in [0.4, 0.5) is 0 Å². The van der Waals surface area contributed by atoms with E-state index < -0.39 is 111 Å². The Balaban J connectivity index is 1.83. The molecule has 0 saturated carbocycles. The van der Waals surface area contributed by atoms with Gasteiger partial charge in [0.25, 0.3) is 0 Å². The van der Waals surface area contributed by atoms with Gasteiger partial charge >= 0.3 is 0 Å². The summed E-state index contributed by atoms with van der Waals surface area (Å²) in [6.07, 6.45) is -27.1. The third-order valence-electron chi connectivity index (χ3n) is 6.32. The molecule has 34 heavy (non-hydrogen) atoms. The topological polar surface area (TPSA) is 280 Å². The standard InChI is InChI=1S/C18H32O16/c19-1-4-7(22)9(24)11(26)16(31-4)18(30)15(29)13(28)14(6(3-21)34-18)33-17-12(27)10(25)8(23)5(2-20)32-17/h4-17,19-30H,1-3H2/t4-,5-,6-,7+,8+,9+,10+,11-,12-,13+,14-,15-,16?,17+,18?/m1/s1/i2D/t2?,4-,5-,6-,7+,8+,9+,10+,11-,12-,13+,14-,15-,16?,17+,18?. The van der Waals surface area contributed by atoms with Gasteiger partial charge in [-0.15, -0.1) is 0 Å². The summed E-state index contributed by atoms with van der Waals surface area (Å²) in [5, 5.41) is 121. The van der Waals surface area contributed by atoms with E-state index in [9.17, 15) is 61.3 Å². The lowest BCUT2D eigenvalue weighted by Gasteiger charge is -2.53. The predicted molar refractivity (Wildman–Crippen MR) is 101 cm³/mol. The van der Waals surface area contributed by atoms with Gasteiger partial charge in [-0.2, -0.15) is 0 Å². The normalized spacial score (nSPS) is 56.1. The van der Waals surface area contributed by atoms with Gasteiger partial charge in [-0.05, 0) is 0 Å². The molecule has 0 radical (unpaired) electrons. The van der Waals surface area contributed by atoms with Crippen LogP contribution >= 0.6 is 0 Å². The monoisotopic (exact) mass is 505 g/mol. The summed E-state index contributed by atoms with van der Waals surface area (Å²) in [4.78, 5) is 0. The number of aliphatic hydroxyl groups is 12. The van der Waals surface area contributed by atoms with Crippen LogP contribution in [0.5, 0.6) is 0 Å². The third-order valence-corrected chi connectivity index (χ3v) is 6.32. The molecule has 16 atom stereocenters. The van der Waals surface area contributed by atoms with Crippen molar-refractivity contribution in [2.24, 2.45) is 0 Å². The molecule has 3 aliphatic heterocycles. The van der Waals surface area contributed by atoms with Crippen molar-refractivity contribution in [3.63, 3.8) is 0 Å². The SMILES string of the molecule is [2H]C(O)[C@H]1O[C@@H](O[C@H]2[C@H](O)[C@@H](O)C(O)(C3O[C@H](CO)[C@H](O)[C@H](O)[C@H]3O)O[C@@H]2CO)[C@H](O)[C@@H](O)[C@H]1O. The van der Waals surface area contributed by atoms with Crippen LogP contribution in [0, 0.1) is 0 Å². The van der Waals surface area contributed by atoms with Crippen molar-refractivity contribution in [2.45, 2.75) is 91.4 Å². The molecule has 200 valence electrons. The van der Waals surface area contributed by atoms with E-state index >= 15 is 0 Å². The van der Waals surface area contributed by atoms with Gasteiger partial charge in [-0.25, -0.2) is 0 Å². The molecule has 0 aromatic carbocycles. The van der Waals surface area contributed by atoms with Crippen molar-refractivity contribution in [2.75, 3.05) is 19.8 Å². The van der Waals surface area contributed by atoms with Crippen molar-refractivity contribution in [3.05, 3.63) is 0 Å². The van der Waals surface area contributed by atoms with Gasteiger partial charge in [0, 0.05) is 0 Å². The number of aliphatic hydroxyl groups excluding tert-OH is 11. The summed E-state index contributed by atoms with van der Waals surface area (Å²) >= 11 is 0. The highest BCUT2D eigenvalue weighted by Crippen LogP contribution is 2.39. The number of hydrogen-bond acceptors (Lipinski definition) is 16. The Kier molecular flexibility index (Phi) is 8.37. The summed E-state index contributed by atoms with van der Waals surface area (Å²) in [6.45, 7) is -3.98. The first-order valence-corrected chi connectivity index (χ1v) is 10.4. The number of hydrogen-bond donors (Lipinski definition) is 12. The molecule has 0 spiro atoms. The molecule has 0 aromatic heterocycles. The second-order valence-electron chi connectivity index (χ2n) is 8.47. The van der Waals surface area contributed by atoms with Gasteiger partial charge < -0.3 is 80.2 Å². The van der Waals surface area contributed by atoms with Crippen LogP contribution in [0.1, 0.15) is 1.37 Å². The van der Waals surface area contributed by atoms with Crippen molar-refractivity contribution < 1.29 is 81.6 Å². The fourth-order valence-electron chi connectivity index (χ4n) is 4.28. The Morgan fingerprint density at radius 3 is 1.79 bits per heavy atom. The van der Waals surface area contributed by atoms with Gasteiger partial charge in [-0.1, -0.05) is 0 Å². The van der Waals surface area contributed by atoms with Crippen molar-refractivity contribution >= 4 is 0 Å². The van der Waals surface area contributed by atoms with Crippen molar-refractivity contribution in [3.8, 4) is 0 Å². The van der Waals surface area contributed by atoms with Crippen LogP contribution in [0.15, 0.2) is 0 Å². The fourth-order valence-corrected chi connectivity index (χ4v) is 4.28. The van der Waals surface area contributed by atoms with Gasteiger partial charge in [0.1, 0.15) is 79.4 Å². The van der Waals surface area contributed by atoms with Crippen LogP contribution in [0.3, 0.4) is 0 Å². The minimum absolute atomic E-state index is 0.876. The first-order chi connectivity index (χ1) is 16.3. The van der Waals surface area contributed by atoms with E-state index in [1.54, 1.807) is 0 Å². The molecule has 3 heterocycles. The number of rotatable bonds is 6. The maximum absolute atomic E-state index is 11.0. The van der Waals surface area contributed by atoms with Crippen LogP contribution in [-0.2, 0) is 18.9 Å². The Hall–Kier alpha value is -0.640. The third kappa shape index (κ3) is 4.71. The molecule has 0 aromatic rings. The molecule has 16 heteroatoms. The second kappa shape index (κ2) is 10.8. The predicted octanol–water partition coefficient (Wildman–Crippen LogP) is -8.18. The van der Waals surface area contributed by atoms with E-state index in [0.717, 1.165) is 0 Å². The lowest BCUT2D eigenvalue weighted by molar-refractivity contribution is -0.420. The minimum Gasteiger partial charge on any atom is -0.394 e. The maximum Gasteiger partial charge on any atom is 0.225 e. The second-order valence-corrected chi connectivity index (χ2v) is 8.47. The Bertz CT molecular complexity index is 699. The first-order valence-electron chi connectivity index (χ1n) is 11.0. The van der Waals surface area contributed by atoms with Crippen LogP contribution in [0.2, 0.25) is 0 Å². The molecular formula is C18H32O16. The van der Waals surface area contributed by atoms with E-state index in [2.05, 4.69) is 0 Å². The molecule has 3 saturated heterocycles. The van der Waals surface area contributed by atoms with Crippen molar-refractivity contribution in [1.82, 2.24) is 0 Å². The number of ether oxygens (including phenoxy) is 4. The molecule has 0 aliphatic carbocycles. The highest BCUT2D eigenvalue weighted by Gasteiger charge is 2.63. The smallest absolute Gasteiger partial charge is 0.225 e. The van der Waals surface area contributed by atoms with Crippen LogP contribution < -0.4 is 0 Å². The van der Waals surface area contributed by atoms with E-state index in [0.29, 0.717) is 0 Å². The molecule has 3 unspecified atom stereocenters. The van der Waals surface area contributed by atoms with Gasteiger partial charge in [0.2, 0.25) is 5.79 Å². The molecule has 16 nitrogen and oxygen atoms in total. The zero-order chi connectivity index (χ0) is 26.4. The molecule has 0 amide bonds. The lowest BCUT2D eigenvalue weighted by atomic mass is 9.83. The Morgan fingerprint density at radius 2 is 1.24 bits per heavy atom. The summed E-state index contributed by atoms with van der Waals surface area (Å²) in [7, 11) is 0. The molecular weight excluding hydrogens is 472 g/mol. The average Bonchev–Trinajstić information content (AvgIpc) is 2.82. The molecule has 0 bridgehead atoms. The summed E-state index contributed by atoms with van der Waals surface area (Å²) in [6, 6.07) is 0. The summed E-state index contributed by atoms with van der Waals surface area (Å²) < 4.78 is 28.2. The molecule has 12 N–H and O–H groups in total. The first kappa shape index (κ1) is 26.4. The lowest BCUT2D eigenvalue weighted by Crippen LogP contribution is -2.75. The average molecular weight is 505 g/mol. The van der Waals surface area contributed by atoms with E-state index in [4.69, 9.17) is 20.3 Å². The molecule has 3 fully saturated rings. The van der Waals surface area contributed by atoms with Gasteiger partial charge in [0.05, 0.1) is 21.2 Å². The summed E-state index contributed by atoms with van der Waals surface area (Å²) in [5.74, 6) is -3.04. The quantitative estimate of drug-likeness (QED) is 0.160. The minimum atomic E-state index is -3.04. The van der Waals surface area contributed by atoms with Crippen molar-refractivity contribution in [1.29, 1.82) is 0 Å². The van der Waals surface area contributed by atoms with Crippen LogP contribution in [0.25, 0.3) is 0 Å². The van der Waals surface area contributed by atoms with E-state index in [1.807, 2.05) is 0 Å². The largest absolute Gasteiger partial charge is 0.394 e. The van der Waals surface area contributed by atoms with E-state index in [-0.39, 0.29) is 0 Å². The zero-order valence-electron chi connectivity index (χ0n) is 18.6. The van der Waals surface area contributed by atoms with E-state index in [1.165, 1.54) is 0 Å². The Labute approximate surface area is 193 Å². The summed E-state index contributed by atoms with van der Waals surface area (Å²) in [5.41, 5.74) is 0. The van der Waals surface area contributed by atoms with Gasteiger partial charge in [-0.3, -0.25) is 0 Å². The maximum atomic E-state index is 11.0. The molecule has 3 rings (SSSR count). The highest BCUT2D eigenvalue weighted by molar-refractivity contribution is 5.06. The van der Waals surface area contributed by atoms with Gasteiger partial charge in [0.15, 0.2) is 6.29 Å². The molecule has 3 aliphatic rings. The Morgan fingerprint density at radius 1 is 0.676 bits per heavy atom. The highest BCUT2D eigenvalue weighted by atomic mass is 16.7. The van der Waals surface area contributed by atoms with Crippen LogP contribution in [-0.4, -0.2) is 173 Å². The fraction of sp³-hybridized carbons (Fsp3) is 1.00. The zero-order valence-corrected chi connectivity index (χ0v) is 17.6.